The highest BCUT2D eigenvalue weighted by atomic mass is 35.5. The monoisotopic (exact) mass is 504 g/mol. The molecule has 5 N–H and O–H groups in total. The lowest BCUT2D eigenvalue weighted by molar-refractivity contribution is -0.134. The number of nitrogen functional groups attached to an aromatic ring is 1. The van der Waals surface area contributed by atoms with Crippen molar-refractivity contribution in [2.24, 2.45) is 5.92 Å². The molecule has 1 unspecified atom stereocenters. The fraction of sp³-hybridized carbons (Fsp3) is 0.474. The van der Waals surface area contributed by atoms with Gasteiger partial charge in [0.05, 0.1) is 20.6 Å². The van der Waals surface area contributed by atoms with Crippen molar-refractivity contribution in [1.29, 1.82) is 0 Å². The lowest BCUT2D eigenvalue weighted by Crippen LogP contribution is -2.50. The van der Waals surface area contributed by atoms with Crippen LogP contribution in [0.4, 0.5) is 11.6 Å². The summed E-state index contributed by atoms with van der Waals surface area (Å²) in [6, 6.07) is 1.34. The maximum absolute atomic E-state index is 13.3. The van der Waals surface area contributed by atoms with Crippen LogP contribution in [0, 0.1) is 5.92 Å². The number of aromatic nitrogens is 2. The van der Waals surface area contributed by atoms with Crippen LogP contribution in [0.25, 0.3) is 0 Å². The molecule has 1 atom stereocenters. The van der Waals surface area contributed by atoms with E-state index in [2.05, 4.69) is 16.6 Å². The Morgan fingerprint density at radius 1 is 1.31 bits per heavy atom. The molecule has 1 amide bonds. The molecule has 2 aromatic rings. The lowest BCUT2D eigenvalue weighted by Gasteiger charge is -2.33. The number of rotatable bonds is 8. The number of benzene rings is 1. The SMILES string of the molecule is CC1CCN(C(=O)C(CCn2ccnc2NO)NS(=O)(=O)c2cc(Cl)c(N)c(Cl)c2)CC1. The van der Waals surface area contributed by atoms with E-state index in [1.54, 1.807) is 15.7 Å². The number of halogens is 2. The minimum atomic E-state index is -4.13. The molecule has 1 aliphatic rings. The molecule has 0 aliphatic carbocycles. The summed E-state index contributed by atoms with van der Waals surface area (Å²) in [5.41, 5.74) is 7.75. The van der Waals surface area contributed by atoms with E-state index in [0.717, 1.165) is 12.8 Å². The molecule has 2 heterocycles. The second-order valence-electron chi connectivity index (χ2n) is 7.83. The van der Waals surface area contributed by atoms with Crippen LogP contribution in [-0.4, -0.2) is 53.1 Å². The van der Waals surface area contributed by atoms with Gasteiger partial charge < -0.3 is 15.2 Å². The predicted octanol–water partition coefficient (Wildman–Crippen LogP) is 2.57. The number of sulfonamides is 1. The third-order valence-electron chi connectivity index (χ3n) is 5.53. The molecule has 0 bridgehead atoms. The first kappa shape index (κ1) is 24.6. The second kappa shape index (κ2) is 10.3. The largest absolute Gasteiger partial charge is 0.396 e. The molecule has 10 nitrogen and oxygen atoms in total. The molecule has 1 fully saturated rings. The molecule has 1 saturated heterocycles. The van der Waals surface area contributed by atoms with E-state index >= 15 is 0 Å². The number of likely N-dealkylation sites (tertiary alicyclic amines) is 1. The van der Waals surface area contributed by atoms with Crippen LogP contribution in [0.5, 0.6) is 0 Å². The van der Waals surface area contributed by atoms with E-state index < -0.39 is 16.1 Å². The highest BCUT2D eigenvalue weighted by molar-refractivity contribution is 7.89. The summed E-state index contributed by atoms with van der Waals surface area (Å²) in [6.45, 7) is 3.48. The van der Waals surface area contributed by atoms with Crippen LogP contribution >= 0.6 is 23.2 Å². The van der Waals surface area contributed by atoms with E-state index in [1.165, 1.54) is 18.3 Å². The number of nitrogens with one attached hydrogen (secondary N) is 2. The topological polar surface area (TPSA) is 143 Å². The van der Waals surface area contributed by atoms with Gasteiger partial charge in [-0.2, -0.15) is 4.72 Å². The Morgan fingerprint density at radius 3 is 2.53 bits per heavy atom. The Labute approximate surface area is 196 Å². The number of anilines is 2. The number of piperidine rings is 1. The first-order valence-corrected chi connectivity index (χ1v) is 12.3. The molecule has 1 aromatic carbocycles. The summed E-state index contributed by atoms with van der Waals surface area (Å²) in [5.74, 6) is 0.382. The van der Waals surface area contributed by atoms with E-state index in [-0.39, 0.29) is 45.4 Å². The third-order valence-corrected chi connectivity index (χ3v) is 7.60. The van der Waals surface area contributed by atoms with Crippen LogP contribution in [0.3, 0.4) is 0 Å². The Kier molecular flexibility index (Phi) is 7.88. The van der Waals surface area contributed by atoms with Crippen LogP contribution in [0.2, 0.25) is 10.0 Å². The minimum Gasteiger partial charge on any atom is -0.396 e. The van der Waals surface area contributed by atoms with Gasteiger partial charge in [-0.15, -0.1) is 0 Å². The molecular weight excluding hydrogens is 479 g/mol. The summed E-state index contributed by atoms with van der Waals surface area (Å²) in [5, 5.41) is 9.17. The number of nitrogens with two attached hydrogens (primary N) is 1. The fourth-order valence-electron chi connectivity index (χ4n) is 3.52. The van der Waals surface area contributed by atoms with Gasteiger partial charge in [0.15, 0.2) is 0 Å². The first-order chi connectivity index (χ1) is 15.1. The average molecular weight is 505 g/mol. The Hall–Kier alpha value is -2.05. The lowest BCUT2D eigenvalue weighted by atomic mass is 9.98. The van der Waals surface area contributed by atoms with Crippen molar-refractivity contribution in [3.8, 4) is 0 Å². The number of hydrogen-bond donors (Lipinski definition) is 4. The van der Waals surface area contributed by atoms with Crippen molar-refractivity contribution in [2.45, 2.75) is 43.7 Å². The molecule has 0 spiro atoms. The molecule has 1 aliphatic heterocycles. The second-order valence-corrected chi connectivity index (χ2v) is 10.4. The van der Waals surface area contributed by atoms with E-state index in [9.17, 15) is 13.2 Å². The first-order valence-electron chi connectivity index (χ1n) is 10.1. The van der Waals surface area contributed by atoms with Gasteiger partial charge in [0.1, 0.15) is 6.04 Å². The van der Waals surface area contributed by atoms with Gasteiger partial charge in [0.2, 0.25) is 21.9 Å². The number of hydrogen-bond acceptors (Lipinski definition) is 7. The van der Waals surface area contributed by atoms with Crippen LogP contribution in [-0.2, 0) is 21.4 Å². The quantitative estimate of drug-likeness (QED) is 0.319. The van der Waals surface area contributed by atoms with Crippen molar-refractivity contribution >= 4 is 50.8 Å². The minimum absolute atomic E-state index is 0.00264. The zero-order valence-electron chi connectivity index (χ0n) is 17.5. The zero-order valence-corrected chi connectivity index (χ0v) is 19.8. The number of carbonyl (C=O) groups excluding carboxylic acids is 1. The highest BCUT2D eigenvalue weighted by Crippen LogP contribution is 2.31. The Bertz CT molecular complexity index is 1050. The van der Waals surface area contributed by atoms with Crippen molar-refractivity contribution in [1.82, 2.24) is 19.2 Å². The summed E-state index contributed by atoms with van der Waals surface area (Å²) >= 11 is 12.0. The maximum atomic E-state index is 13.3. The molecule has 13 heteroatoms. The Balaban J connectivity index is 1.84. The summed E-state index contributed by atoms with van der Waals surface area (Å²) in [6.07, 6.45) is 4.93. The van der Waals surface area contributed by atoms with Crippen molar-refractivity contribution in [3.05, 3.63) is 34.6 Å². The summed E-state index contributed by atoms with van der Waals surface area (Å²) in [4.78, 5) is 18.7. The standard InChI is InChI=1S/C19H26Cl2N6O4S/c1-12-2-6-26(7-3-12)18(28)16(4-8-27-9-5-23-19(27)24-29)25-32(30,31)13-10-14(20)17(22)15(21)11-13/h5,9-12,16,25,29H,2-4,6-8,22H2,1H3,(H,23,24). The van der Waals surface area contributed by atoms with Gasteiger partial charge in [0.25, 0.3) is 0 Å². The van der Waals surface area contributed by atoms with E-state index in [0.29, 0.717) is 19.0 Å². The van der Waals surface area contributed by atoms with Crippen LogP contribution < -0.4 is 15.9 Å². The predicted molar refractivity (Wildman–Crippen MR) is 122 cm³/mol. The van der Waals surface area contributed by atoms with Crippen LogP contribution in [0.15, 0.2) is 29.4 Å². The van der Waals surface area contributed by atoms with Crippen LogP contribution in [0.1, 0.15) is 26.2 Å². The number of aryl methyl sites for hydroxylation is 1. The Morgan fingerprint density at radius 2 is 1.94 bits per heavy atom. The maximum Gasteiger partial charge on any atom is 0.241 e. The van der Waals surface area contributed by atoms with Gasteiger partial charge >= 0.3 is 0 Å². The molecule has 176 valence electrons. The molecule has 0 saturated carbocycles. The zero-order chi connectivity index (χ0) is 23.5. The number of amides is 1. The van der Waals surface area contributed by atoms with Gasteiger partial charge in [-0.25, -0.2) is 18.9 Å². The van der Waals surface area contributed by atoms with Gasteiger partial charge in [-0.1, -0.05) is 30.1 Å². The molecule has 3 rings (SSSR count). The molecule has 0 radical (unpaired) electrons. The number of imidazole rings is 1. The van der Waals surface area contributed by atoms with E-state index in [4.69, 9.17) is 34.1 Å². The van der Waals surface area contributed by atoms with Crippen molar-refractivity contribution in [3.63, 3.8) is 0 Å². The van der Waals surface area contributed by atoms with Gasteiger partial charge in [-0.05, 0) is 37.3 Å². The fourth-order valence-corrected chi connectivity index (χ4v) is 5.42. The summed E-state index contributed by atoms with van der Waals surface area (Å²) < 4.78 is 30.2. The molecule has 32 heavy (non-hydrogen) atoms. The van der Waals surface area contributed by atoms with Gasteiger partial charge in [0, 0.05) is 32.0 Å². The smallest absolute Gasteiger partial charge is 0.241 e. The van der Waals surface area contributed by atoms with Gasteiger partial charge in [-0.3, -0.25) is 10.0 Å². The number of nitrogens with zero attached hydrogens (tertiary/aromatic N) is 3. The normalized spacial score (nSPS) is 16.2. The average Bonchev–Trinajstić information content (AvgIpc) is 3.22. The number of carbonyl (C=O) groups is 1. The third kappa shape index (κ3) is 5.65. The molecule has 1 aromatic heterocycles. The molecular formula is C19H26Cl2N6O4S. The van der Waals surface area contributed by atoms with Crippen molar-refractivity contribution < 1.29 is 18.4 Å². The van der Waals surface area contributed by atoms with E-state index in [1.807, 2.05) is 5.48 Å². The summed E-state index contributed by atoms with van der Waals surface area (Å²) in [7, 11) is -4.13. The van der Waals surface area contributed by atoms with Crippen molar-refractivity contribution in [2.75, 3.05) is 24.3 Å². The highest BCUT2D eigenvalue weighted by Gasteiger charge is 2.31.